The van der Waals surface area contributed by atoms with Crippen LogP contribution in [-0.2, 0) is 11.8 Å². The number of carbonyl (C=O) groups excluding carboxylic acids is 1. The number of anilines is 1. The van der Waals surface area contributed by atoms with Gasteiger partial charge in [-0.05, 0) is 57.3 Å². The number of nitrogens with zero attached hydrogens (tertiary/aromatic N) is 2. The van der Waals surface area contributed by atoms with Crippen LogP contribution in [0.15, 0.2) is 30.5 Å². The lowest BCUT2D eigenvalue weighted by atomic mass is 10.1. The van der Waals surface area contributed by atoms with Crippen molar-refractivity contribution in [3.63, 3.8) is 0 Å². The van der Waals surface area contributed by atoms with Crippen molar-refractivity contribution in [1.29, 1.82) is 0 Å². The highest BCUT2D eigenvalue weighted by atomic mass is 32.1. The summed E-state index contributed by atoms with van der Waals surface area (Å²) < 4.78 is 6.74. The smallest absolute Gasteiger partial charge is 0.338 e. The van der Waals surface area contributed by atoms with E-state index in [1.54, 1.807) is 35.9 Å². The topological polar surface area (TPSA) is 68.2 Å². The molecule has 1 atom stereocenters. The van der Waals surface area contributed by atoms with E-state index < -0.39 is 0 Å². The van der Waals surface area contributed by atoms with Crippen molar-refractivity contribution >= 4 is 29.0 Å². The zero-order valence-electron chi connectivity index (χ0n) is 14.3. The molecule has 0 saturated heterocycles. The highest BCUT2D eigenvalue weighted by Crippen LogP contribution is 2.16. The molecular weight excluding hydrogens is 324 g/mol. The van der Waals surface area contributed by atoms with Crippen molar-refractivity contribution in [3.8, 4) is 0 Å². The number of hydrogen-bond acceptors (Lipinski definition) is 4. The second kappa shape index (κ2) is 7.92. The first-order valence-corrected chi connectivity index (χ1v) is 8.16. The summed E-state index contributed by atoms with van der Waals surface area (Å²) in [7, 11) is 1.89. The Kier molecular flexibility index (Phi) is 5.92. The van der Waals surface area contributed by atoms with Gasteiger partial charge in [0.15, 0.2) is 5.11 Å². The molecule has 0 fully saturated rings. The molecule has 0 radical (unpaired) electrons. The highest BCUT2D eigenvalue weighted by molar-refractivity contribution is 7.80. The number of hydrogen-bond donors (Lipinski definition) is 2. The summed E-state index contributed by atoms with van der Waals surface area (Å²) >= 11 is 5.35. The van der Waals surface area contributed by atoms with E-state index in [0.717, 1.165) is 16.9 Å². The van der Waals surface area contributed by atoms with Crippen molar-refractivity contribution < 1.29 is 9.53 Å². The van der Waals surface area contributed by atoms with Crippen LogP contribution in [0.5, 0.6) is 0 Å². The van der Waals surface area contributed by atoms with Crippen LogP contribution in [0.4, 0.5) is 5.69 Å². The summed E-state index contributed by atoms with van der Waals surface area (Å²) in [6, 6.07) is 7.04. The molecule has 0 amide bonds. The molecule has 0 aliphatic rings. The molecule has 1 aromatic carbocycles. The quantitative estimate of drug-likeness (QED) is 0.641. The number of ether oxygens (including phenoxy) is 1. The maximum absolute atomic E-state index is 11.6. The van der Waals surface area contributed by atoms with Crippen LogP contribution < -0.4 is 10.6 Å². The lowest BCUT2D eigenvalue weighted by Crippen LogP contribution is -2.31. The van der Waals surface area contributed by atoms with Crippen LogP contribution in [0.3, 0.4) is 0 Å². The number of benzene rings is 1. The molecule has 0 bridgehead atoms. The molecule has 2 aromatic rings. The van der Waals surface area contributed by atoms with E-state index in [2.05, 4.69) is 15.7 Å². The number of rotatable bonds is 5. The Hall–Kier alpha value is -2.41. The van der Waals surface area contributed by atoms with Crippen molar-refractivity contribution in [1.82, 2.24) is 15.1 Å². The summed E-state index contributed by atoms with van der Waals surface area (Å²) in [6.45, 7) is 6.14. The predicted molar refractivity (Wildman–Crippen MR) is 98.1 cm³/mol. The third kappa shape index (κ3) is 4.55. The van der Waals surface area contributed by atoms with Gasteiger partial charge in [-0.1, -0.05) is 0 Å². The van der Waals surface area contributed by atoms with Gasteiger partial charge in [-0.2, -0.15) is 5.10 Å². The van der Waals surface area contributed by atoms with E-state index in [4.69, 9.17) is 17.0 Å². The zero-order chi connectivity index (χ0) is 17.7. The third-order valence-electron chi connectivity index (χ3n) is 3.52. The summed E-state index contributed by atoms with van der Waals surface area (Å²) in [5, 5.41) is 11.2. The molecule has 7 heteroatoms. The van der Waals surface area contributed by atoms with Crippen LogP contribution in [0.2, 0.25) is 0 Å². The fourth-order valence-corrected chi connectivity index (χ4v) is 2.68. The maximum Gasteiger partial charge on any atom is 0.338 e. The Labute approximate surface area is 147 Å². The second-order valence-electron chi connectivity index (χ2n) is 5.46. The Morgan fingerprint density at radius 2 is 2.04 bits per heavy atom. The lowest BCUT2D eigenvalue weighted by molar-refractivity contribution is 0.0526. The molecule has 2 rings (SSSR count). The minimum Gasteiger partial charge on any atom is -0.462 e. The van der Waals surface area contributed by atoms with Crippen LogP contribution in [0.1, 0.15) is 41.5 Å². The first kappa shape index (κ1) is 17.9. The Morgan fingerprint density at radius 1 is 1.38 bits per heavy atom. The molecule has 1 aromatic heterocycles. The van der Waals surface area contributed by atoms with Crippen LogP contribution in [0, 0.1) is 6.92 Å². The van der Waals surface area contributed by atoms with Crippen molar-refractivity contribution in [2.24, 2.45) is 7.05 Å². The fourth-order valence-electron chi connectivity index (χ4n) is 2.39. The van der Waals surface area contributed by atoms with Gasteiger partial charge in [0.25, 0.3) is 0 Å². The normalized spacial score (nSPS) is 11.7. The highest BCUT2D eigenvalue weighted by Gasteiger charge is 2.13. The van der Waals surface area contributed by atoms with Gasteiger partial charge in [-0.15, -0.1) is 0 Å². The van der Waals surface area contributed by atoms with Crippen LogP contribution in [0.25, 0.3) is 0 Å². The SMILES string of the molecule is CCOC(=O)c1ccc(NC(=S)NC(C)c2cn(C)nc2C)cc1. The van der Waals surface area contributed by atoms with E-state index in [1.165, 1.54) is 0 Å². The summed E-state index contributed by atoms with van der Waals surface area (Å²) in [5.41, 5.74) is 3.38. The Morgan fingerprint density at radius 3 is 2.58 bits per heavy atom. The zero-order valence-corrected chi connectivity index (χ0v) is 15.1. The molecule has 24 heavy (non-hydrogen) atoms. The van der Waals surface area contributed by atoms with E-state index in [-0.39, 0.29) is 12.0 Å². The number of nitrogens with one attached hydrogen (secondary N) is 2. The van der Waals surface area contributed by atoms with Crippen molar-refractivity contribution in [2.75, 3.05) is 11.9 Å². The first-order valence-electron chi connectivity index (χ1n) is 7.75. The van der Waals surface area contributed by atoms with Crippen molar-refractivity contribution in [3.05, 3.63) is 47.3 Å². The van der Waals surface area contributed by atoms with Gasteiger partial charge in [0.05, 0.1) is 23.9 Å². The molecular formula is C17H22N4O2S. The van der Waals surface area contributed by atoms with E-state index >= 15 is 0 Å². The van der Waals surface area contributed by atoms with Crippen molar-refractivity contribution in [2.45, 2.75) is 26.8 Å². The van der Waals surface area contributed by atoms with E-state index in [9.17, 15) is 4.79 Å². The maximum atomic E-state index is 11.6. The molecule has 1 heterocycles. The van der Waals surface area contributed by atoms with Crippen LogP contribution >= 0.6 is 12.2 Å². The van der Waals surface area contributed by atoms with Gasteiger partial charge in [-0.3, -0.25) is 4.68 Å². The first-order chi connectivity index (χ1) is 11.4. The molecule has 1 unspecified atom stereocenters. The summed E-state index contributed by atoms with van der Waals surface area (Å²) in [6.07, 6.45) is 1.98. The number of esters is 1. The van der Waals surface area contributed by atoms with Gasteiger partial charge >= 0.3 is 5.97 Å². The predicted octanol–water partition coefficient (Wildman–Crippen LogP) is 2.95. The number of aryl methyl sites for hydroxylation is 2. The molecule has 0 aliphatic carbocycles. The molecule has 6 nitrogen and oxygen atoms in total. The minimum atomic E-state index is -0.328. The Balaban J connectivity index is 1.94. The monoisotopic (exact) mass is 346 g/mol. The summed E-state index contributed by atoms with van der Waals surface area (Å²) in [5.74, 6) is -0.328. The van der Waals surface area contributed by atoms with Gasteiger partial charge in [-0.25, -0.2) is 4.79 Å². The van der Waals surface area contributed by atoms with Crippen LogP contribution in [-0.4, -0.2) is 27.5 Å². The number of carbonyl (C=O) groups is 1. The number of aromatic nitrogens is 2. The molecule has 2 N–H and O–H groups in total. The second-order valence-corrected chi connectivity index (χ2v) is 5.87. The average Bonchev–Trinajstić information content (AvgIpc) is 2.87. The van der Waals surface area contributed by atoms with Gasteiger partial charge in [0, 0.05) is 24.5 Å². The molecule has 128 valence electrons. The lowest BCUT2D eigenvalue weighted by Gasteiger charge is -2.16. The molecule has 0 saturated carbocycles. The molecule has 0 spiro atoms. The summed E-state index contributed by atoms with van der Waals surface area (Å²) in [4.78, 5) is 11.6. The number of thiocarbonyl (C=S) groups is 1. The fraction of sp³-hybridized carbons (Fsp3) is 0.353. The van der Waals surface area contributed by atoms with E-state index in [1.807, 2.05) is 27.1 Å². The average molecular weight is 346 g/mol. The standard InChI is InChI=1S/C17H22N4O2S/c1-5-23-16(22)13-6-8-14(9-7-13)19-17(24)18-11(2)15-10-21(4)20-12(15)3/h6-11H,5H2,1-4H3,(H2,18,19,24). The van der Waals surface area contributed by atoms with Gasteiger partial charge in [0.1, 0.15) is 0 Å². The van der Waals surface area contributed by atoms with Gasteiger partial charge < -0.3 is 15.4 Å². The minimum absolute atomic E-state index is 0.0394. The van der Waals surface area contributed by atoms with E-state index in [0.29, 0.717) is 17.3 Å². The largest absolute Gasteiger partial charge is 0.462 e. The Bertz CT molecular complexity index is 725. The third-order valence-corrected chi connectivity index (χ3v) is 3.74. The molecule has 0 aliphatic heterocycles. The van der Waals surface area contributed by atoms with Gasteiger partial charge in [0.2, 0.25) is 0 Å².